The van der Waals surface area contributed by atoms with Gasteiger partial charge in [0.1, 0.15) is 5.75 Å². The van der Waals surface area contributed by atoms with Gasteiger partial charge in [-0.15, -0.1) is 0 Å². The molecule has 0 spiro atoms. The van der Waals surface area contributed by atoms with Crippen molar-refractivity contribution >= 4 is 28.5 Å². The maximum absolute atomic E-state index is 13.1. The minimum absolute atomic E-state index is 0.0215. The number of methoxy groups -OCH3 is 1. The fourth-order valence-corrected chi connectivity index (χ4v) is 4.57. The molecule has 2 aliphatic heterocycles. The van der Waals surface area contributed by atoms with Crippen molar-refractivity contribution in [2.75, 3.05) is 39.9 Å². The topological polar surface area (TPSA) is 90.9 Å². The van der Waals surface area contributed by atoms with E-state index in [9.17, 15) is 9.90 Å². The van der Waals surface area contributed by atoms with Gasteiger partial charge in [0.2, 0.25) is 5.79 Å². The van der Waals surface area contributed by atoms with Crippen molar-refractivity contribution in [3.05, 3.63) is 58.9 Å². The number of halogens is 1. The van der Waals surface area contributed by atoms with Gasteiger partial charge in [0.25, 0.3) is 5.91 Å². The summed E-state index contributed by atoms with van der Waals surface area (Å²) in [4.78, 5) is 24.7. The zero-order valence-corrected chi connectivity index (χ0v) is 17.8. The van der Waals surface area contributed by atoms with Crippen LogP contribution in [0.4, 0.5) is 0 Å². The van der Waals surface area contributed by atoms with Crippen LogP contribution in [0.1, 0.15) is 16.2 Å². The molecule has 3 heterocycles. The van der Waals surface area contributed by atoms with E-state index in [0.29, 0.717) is 41.8 Å². The first kappa shape index (κ1) is 20.3. The van der Waals surface area contributed by atoms with Gasteiger partial charge >= 0.3 is 0 Å². The number of imidazole rings is 1. The summed E-state index contributed by atoms with van der Waals surface area (Å²) in [5.41, 5.74) is 2.05. The van der Waals surface area contributed by atoms with Crippen molar-refractivity contribution in [3.63, 3.8) is 0 Å². The van der Waals surface area contributed by atoms with Crippen LogP contribution in [0.3, 0.4) is 0 Å². The summed E-state index contributed by atoms with van der Waals surface area (Å²) in [6.07, 6.45) is 0. The third-order valence-corrected chi connectivity index (χ3v) is 6.39. The SMILES string of the molecule is COc1cccc(C(=O)N2CCN3C[C@](O)(c4nc5ccccc5[nH]4)OC[C@H]3C2)c1Cl. The molecule has 0 bridgehead atoms. The van der Waals surface area contributed by atoms with Crippen LogP contribution in [0.2, 0.25) is 5.02 Å². The number of amides is 1. The van der Waals surface area contributed by atoms with E-state index < -0.39 is 5.79 Å². The first-order valence-corrected chi connectivity index (χ1v) is 10.5. The summed E-state index contributed by atoms with van der Waals surface area (Å²) in [5, 5.41) is 11.5. The highest BCUT2D eigenvalue weighted by atomic mass is 35.5. The number of aromatic amines is 1. The van der Waals surface area contributed by atoms with E-state index in [2.05, 4.69) is 14.9 Å². The predicted molar refractivity (Wildman–Crippen MR) is 115 cm³/mol. The highest BCUT2D eigenvalue weighted by Crippen LogP contribution is 2.32. The Bertz CT molecular complexity index is 1100. The maximum Gasteiger partial charge on any atom is 0.255 e. The number of nitrogens with one attached hydrogen (secondary N) is 1. The largest absolute Gasteiger partial charge is 0.495 e. The van der Waals surface area contributed by atoms with E-state index >= 15 is 0 Å². The number of piperazine rings is 1. The second-order valence-corrected chi connectivity index (χ2v) is 8.27. The fraction of sp³-hybridized carbons (Fsp3) is 0.364. The Balaban J connectivity index is 1.31. The minimum atomic E-state index is -1.52. The normalized spacial score (nSPS) is 24.2. The Morgan fingerprint density at radius 1 is 1.29 bits per heavy atom. The molecule has 2 N–H and O–H groups in total. The first-order chi connectivity index (χ1) is 15.0. The number of morpholine rings is 1. The molecular formula is C22H23ClN4O4. The second kappa shape index (κ2) is 7.80. The van der Waals surface area contributed by atoms with Gasteiger partial charge in [0.15, 0.2) is 5.82 Å². The molecule has 8 nitrogen and oxygen atoms in total. The van der Waals surface area contributed by atoms with E-state index in [0.717, 1.165) is 11.0 Å². The molecule has 0 unspecified atom stereocenters. The molecule has 2 aliphatic rings. The highest BCUT2D eigenvalue weighted by Gasteiger charge is 2.45. The van der Waals surface area contributed by atoms with Gasteiger partial charge in [-0.25, -0.2) is 4.98 Å². The van der Waals surface area contributed by atoms with E-state index in [1.807, 2.05) is 24.3 Å². The van der Waals surface area contributed by atoms with Crippen LogP contribution in [0.15, 0.2) is 42.5 Å². The molecule has 9 heteroatoms. The molecule has 2 fully saturated rings. The van der Waals surface area contributed by atoms with Gasteiger partial charge in [-0.2, -0.15) is 0 Å². The summed E-state index contributed by atoms with van der Waals surface area (Å²) >= 11 is 6.35. The molecule has 1 amide bonds. The van der Waals surface area contributed by atoms with Crippen LogP contribution >= 0.6 is 11.6 Å². The van der Waals surface area contributed by atoms with Crippen LogP contribution in [-0.4, -0.2) is 76.7 Å². The van der Waals surface area contributed by atoms with Crippen molar-refractivity contribution in [1.29, 1.82) is 0 Å². The molecule has 2 aromatic carbocycles. The van der Waals surface area contributed by atoms with Crippen molar-refractivity contribution in [1.82, 2.24) is 19.8 Å². The molecule has 162 valence electrons. The predicted octanol–water partition coefficient (Wildman–Crippen LogP) is 2.23. The van der Waals surface area contributed by atoms with E-state index in [1.165, 1.54) is 7.11 Å². The number of benzene rings is 2. The second-order valence-electron chi connectivity index (χ2n) is 7.90. The monoisotopic (exact) mass is 442 g/mol. The molecule has 31 heavy (non-hydrogen) atoms. The van der Waals surface area contributed by atoms with Crippen LogP contribution in [0.5, 0.6) is 5.75 Å². The quantitative estimate of drug-likeness (QED) is 0.646. The molecule has 0 aliphatic carbocycles. The van der Waals surface area contributed by atoms with Gasteiger partial charge < -0.3 is 24.5 Å². The molecule has 3 aromatic rings. The van der Waals surface area contributed by atoms with Crippen LogP contribution in [0.25, 0.3) is 11.0 Å². The number of aromatic nitrogens is 2. The lowest BCUT2D eigenvalue weighted by Gasteiger charge is -2.48. The summed E-state index contributed by atoms with van der Waals surface area (Å²) in [7, 11) is 1.52. The van der Waals surface area contributed by atoms with Gasteiger partial charge in [0.05, 0.1) is 47.9 Å². The van der Waals surface area contributed by atoms with Gasteiger partial charge in [-0.1, -0.05) is 29.8 Å². The molecule has 5 rings (SSSR count). The van der Waals surface area contributed by atoms with Gasteiger partial charge in [-0.3, -0.25) is 9.69 Å². The zero-order valence-electron chi connectivity index (χ0n) is 17.0. The number of carbonyl (C=O) groups excluding carboxylic acids is 1. The summed E-state index contributed by atoms with van der Waals surface area (Å²) in [6.45, 7) is 2.19. The van der Waals surface area contributed by atoms with Crippen molar-refractivity contribution in [2.24, 2.45) is 0 Å². The fourth-order valence-electron chi connectivity index (χ4n) is 4.28. The third kappa shape index (κ3) is 3.55. The van der Waals surface area contributed by atoms with Crippen molar-refractivity contribution < 1.29 is 19.4 Å². The number of carbonyl (C=O) groups is 1. The lowest BCUT2D eigenvalue weighted by Crippen LogP contribution is -2.63. The van der Waals surface area contributed by atoms with Crippen LogP contribution in [-0.2, 0) is 10.5 Å². The molecule has 1 aromatic heterocycles. The lowest BCUT2D eigenvalue weighted by atomic mass is 10.1. The summed E-state index contributed by atoms with van der Waals surface area (Å²) in [5.74, 6) is -0.781. The van der Waals surface area contributed by atoms with Crippen molar-refractivity contribution in [2.45, 2.75) is 11.8 Å². The lowest BCUT2D eigenvalue weighted by molar-refractivity contribution is -0.269. The van der Waals surface area contributed by atoms with Gasteiger partial charge in [-0.05, 0) is 24.3 Å². The molecule has 2 atom stereocenters. The highest BCUT2D eigenvalue weighted by molar-refractivity contribution is 6.35. The Kier molecular flexibility index (Phi) is 5.10. The minimum Gasteiger partial charge on any atom is -0.495 e. The van der Waals surface area contributed by atoms with Crippen LogP contribution < -0.4 is 4.74 Å². The number of rotatable bonds is 3. The Hall–Kier alpha value is -2.65. The number of H-pyrrole nitrogens is 1. The number of ether oxygens (including phenoxy) is 2. The smallest absolute Gasteiger partial charge is 0.255 e. The standard InChI is InChI=1S/C22H23ClN4O4/c1-30-18-8-4-5-15(19(18)23)20(28)26-9-10-27-13-22(29,31-12-14(27)11-26)21-24-16-6-2-3-7-17(16)25-21/h2-8,14,29H,9-13H2,1H3,(H,24,25)/t14-,22-/m1/s1. The number of nitrogens with zero attached hydrogens (tertiary/aromatic N) is 3. The average Bonchev–Trinajstić information content (AvgIpc) is 3.24. The van der Waals surface area contributed by atoms with Crippen LogP contribution in [0, 0.1) is 0 Å². The number of hydrogen-bond acceptors (Lipinski definition) is 6. The molecular weight excluding hydrogens is 420 g/mol. The number of para-hydroxylation sites is 2. The van der Waals surface area contributed by atoms with E-state index in [4.69, 9.17) is 21.1 Å². The third-order valence-electron chi connectivity index (χ3n) is 6.00. The average molecular weight is 443 g/mol. The Labute approximate surface area is 184 Å². The first-order valence-electron chi connectivity index (χ1n) is 10.2. The van der Waals surface area contributed by atoms with E-state index in [1.54, 1.807) is 23.1 Å². The zero-order chi connectivity index (χ0) is 21.6. The molecule has 0 radical (unpaired) electrons. The van der Waals surface area contributed by atoms with Gasteiger partial charge in [0, 0.05) is 19.6 Å². The maximum atomic E-state index is 13.1. The van der Waals surface area contributed by atoms with Crippen molar-refractivity contribution in [3.8, 4) is 5.75 Å². The Morgan fingerprint density at radius 2 is 2.13 bits per heavy atom. The number of hydrogen-bond donors (Lipinski definition) is 2. The number of fused-ring (bicyclic) bond motifs is 2. The summed E-state index contributed by atoms with van der Waals surface area (Å²) < 4.78 is 11.1. The molecule has 0 saturated carbocycles. The molecule has 2 saturated heterocycles. The number of aliphatic hydroxyl groups is 1. The summed E-state index contributed by atoms with van der Waals surface area (Å²) in [6, 6.07) is 12.8. The Morgan fingerprint density at radius 3 is 2.94 bits per heavy atom. The van der Waals surface area contributed by atoms with E-state index in [-0.39, 0.29) is 25.1 Å².